The van der Waals surface area contributed by atoms with Gasteiger partial charge >= 0.3 is 12.1 Å². The Balaban J connectivity index is 0.000000470. The number of amides is 1. The van der Waals surface area contributed by atoms with Crippen LogP contribution in [0, 0.1) is 0 Å². The molecule has 1 fully saturated rings. The van der Waals surface area contributed by atoms with Crippen molar-refractivity contribution < 1.29 is 27.9 Å². The molecule has 3 N–H and O–H groups in total. The van der Waals surface area contributed by atoms with Gasteiger partial charge in [-0.05, 0) is 30.3 Å². The molecule has 1 aromatic heterocycles. The first-order valence-electron chi connectivity index (χ1n) is 11.5. The highest BCUT2D eigenvalue weighted by Gasteiger charge is 2.38. The predicted molar refractivity (Wildman–Crippen MR) is 150 cm³/mol. The number of thioether (sulfide) groups is 1. The molecule has 40 heavy (non-hydrogen) atoms. The first-order valence-corrected chi connectivity index (χ1v) is 13.7. The third kappa shape index (κ3) is 7.02. The number of aliphatic carboxylic acids is 1. The van der Waals surface area contributed by atoms with Crippen LogP contribution in [0.25, 0.3) is 0 Å². The zero-order chi connectivity index (χ0) is 29.0. The molecule has 2 aromatic carbocycles. The van der Waals surface area contributed by atoms with Crippen LogP contribution in [-0.4, -0.2) is 65.2 Å². The van der Waals surface area contributed by atoms with Crippen LogP contribution < -0.4 is 20.4 Å². The Morgan fingerprint density at radius 3 is 2.33 bits per heavy atom. The fourth-order valence-corrected chi connectivity index (χ4v) is 5.65. The molecular weight excluding hydrogens is 616 g/mol. The molecule has 16 heteroatoms. The number of benzene rings is 2. The molecule has 9 nitrogen and oxygen atoms in total. The van der Waals surface area contributed by atoms with Gasteiger partial charge in [0.05, 0.1) is 37.9 Å². The van der Waals surface area contributed by atoms with E-state index in [0.717, 1.165) is 37.6 Å². The van der Waals surface area contributed by atoms with Crippen molar-refractivity contribution in [2.75, 3.05) is 47.2 Å². The summed E-state index contributed by atoms with van der Waals surface area (Å²) in [7, 11) is 0. The van der Waals surface area contributed by atoms with E-state index in [0.29, 0.717) is 43.2 Å². The smallest absolute Gasteiger partial charge is 0.475 e. The van der Waals surface area contributed by atoms with Crippen molar-refractivity contribution in [2.45, 2.75) is 11.2 Å². The highest BCUT2D eigenvalue weighted by atomic mass is 35.5. The summed E-state index contributed by atoms with van der Waals surface area (Å²) in [5, 5.41) is 15.7. The van der Waals surface area contributed by atoms with Gasteiger partial charge in [-0.2, -0.15) is 13.2 Å². The molecular formula is C24H20Cl3F3N6O3S. The number of alkyl halides is 3. The normalized spacial score (nSPS) is 15.2. The Hall–Kier alpha value is -2.97. The number of fused-ring (bicyclic) bond motifs is 1. The lowest BCUT2D eigenvalue weighted by molar-refractivity contribution is -0.192. The Labute approximate surface area is 245 Å². The number of nitrogens with zero attached hydrogens (tertiary/aromatic N) is 4. The Bertz CT molecular complexity index is 1410. The number of hydrogen-bond donors (Lipinski definition) is 3. The molecule has 0 aliphatic carbocycles. The van der Waals surface area contributed by atoms with E-state index in [4.69, 9.17) is 44.7 Å². The van der Waals surface area contributed by atoms with Gasteiger partial charge in [-0.1, -0.05) is 52.6 Å². The van der Waals surface area contributed by atoms with Crippen LogP contribution in [0.5, 0.6) is 0 Å². The minimum absolute atomic E-state index is 0.242. The molecule has 1 saturated heterocycles. The Morgan fingerprint density at radius 1 is 1.07 bits per heavy atom. The van der Waals surface area contributed by atoms with Crippen molar-refractivity contribution in [3.05, 3.63) is 63.2 Å². The molecule has 0 atom stereocenters. The lowest BCUT2D eigenvalue weighted by Gasteiger charge is -2.30. The zero-order valence-corrected chi connectivity index (χ0v) is 23.4. The summed E-state index contributed by atoms with van der Waals surface area (Å²) in [5.41, 5.74) is 2.68. The number of rotatable bonds is 4. The second-order valence-electron chi connectivity index (χ2n) is 8.32. The van der Waals surface area contributed by atoms with Crippen LogP contribution in [-0.2, 0) is 4.79 Å². The summed E-state index contributed by atoms with van der Waals surface area (Å²) in [4.78, 5) is 34.7. The molecule has 0 bridgehead atoms. The second-order valence-corrected chi connectivity index (χ2v) is 10.5. The highest BCUT2D eigenvalue weighted by molar-refractivity contribution is 7.99. The zero-order valence-electron chi connectivity index (χ0n) is 20.3. The molecule has 212 valence electrons. The van der Waals surface area contributed by atoms with Crippen LogP contribution >= 0.6 is 46.6 Å². The average molecular weight is 636 g/mol. The van der Waals surface area contributed by atoms with Crippen molar-refractivity contribution in [1.29, 1.82) is 0 Å². The van der Waals surface area contributed by atoms with Gasteiger partial charge in [0.15, 0.2) is 0 Å². The number of carboxylic acids is 1. The predicted octanol–water partition coefficient (Wildman–Crippen LogP) is 5.93. The lowest BCUT2D eigenvalue weighted by atomic mass is 10.2. The molecule has 0 saturated carbocycles. The van der Waals surface area contributed by atoms with Gasteiger partial charge in [0, 0.05) is 38.1 Å². The molecule has 3 aromatic rings. The third-order valence-electron chi connectivity index (χ3n) is 5.67. The fourth-order valence-electron chi connectivity index (χ4n) is 3.80. The van der Waals surface area contributed by atoms with Gasteiger partial charge in [-0.3, -0.25) is 9.69 Å². The van der Waals surface area contributed by atoms with E-state index < -0.39 is 12.1 Å². The Kier molecular flexibility index (Phi) is 9.52. The maximum absolute atomic E-state index is 13.1. The number of halogens is 6. The minimum Gasteiger partial charge on any atom is -0.475 e. The van der Waals surface area contributed by atoms with Crippen LogP contribution in [0.2, 0.25) is 15.1 Å². The third-order valence-corrected chi connectivity index (χ3v) is 7.56. The van der Waals surface area contributed by atoms with E-state index >= 15 is 0 Å². The number of carbonyl (C=O) groups is 2. The monoisotopic (exact) mass is 634 g/mol. The van der Waals surface area contributed by atoms with Crippen molar-refractivity contribution in [1.82, 2.24) is 15.3 Å². The van der Waals surface area contributed by atoms with Crippen LogP contribution in [0.3, 0.4) is 0 Å². The molecule has 1 amide bonds. The topological polar surface area (TPSA) is 111 Å². The van der Waals surface area contributed by atoms with Crippen molar-refractivity contribution in [3.8, 4) is 0 Å². The summed E-state index contributed by atoms with van der Waals surface area (Å²) >= 11 is 20.6. The van der Waals surface area contributed by atoms with Crippen LogP contribution in [0.15, 0.2) is 47.6 Å². The first kappa shape index (κ1) is 30.0. The largest absolute Gasteiger partial charge is 0.490 e. The van der Waals surface area contributed by atoms with Crippen molar-refractivity contribution in [2.24, 2.45) is 0 Å². The minimum atomic E-state index is -5.08. The van der Waals surface area contributed by atoms with Crippen LogP contribution in [0.1, 0.15) is 10.4 Å². The second kappa shape index (κ2) is 12.7. The van der Waals surface area contributed by atoms with Gasteiger partial charge in [-0.15, -0.1) is 0 Å². The van der Waals surface area contributed by atoms with E-state index in [-0.39, 0.29) is 5.91 Å². The summed E-state index contributed by atoms with van der Waals surface area (Å²) < 4.78 is 31.7. The summed E-state index contributed by atoms with van der Waals surface area (Å²) in [6.07, 6.45) is -3.56. The molecule has 0 spiro atoms. The number of para-hydroxylation sites is 1. The Morgan fingerprint density at radius 2 is 1.73 bits per heavy atom. The number of piperazine rings is 1. The van der Waals surface area contributed by atoms with Gasteiger partial charge < -0.3 is 20.6 Å². The number of carbonyl (C=O) groups excluding carboxylic acids is 1. The summed E-state index contributed by atoms with van der Waals surface area (Å²) in [5.74, 6) is -2.26. The van der Waals surface area contributed by atoms with Gasteiger partial charge in [0.25, 0.3) is 5.91 Å². The molecule has 5 rings (SSSR count). The standard InChI is InChI=1S/C22H19Cl3N6OS.C2HF3O2/c23-15-2-1-3-16(24)19(15)31-12-33-20-14(21(31)32)11-27-22(29-20)28-13-4-5-18(17(25)10-13)30-8-6-26-7-9-30;3-2(4,5)1(6)7/h1-5,10-11,26H,6-9,12H2,(H,27,28,29);(H,6,7). The molecule has 2 aliphatic heterocycles. The number of aromatic nitrogens is 2. The van der Waals surface area contributed by atoms with Gasteiger partial charge in [0.2, 0.25) is 5.95 Å². The molecule has 0 unspecified atom stereocenters. The molecule has 3 heterocycles. The first-order chi connectivity index (χ1) is 19.0. The van der Waals surface area contributed by atoms with Crippen molar-refractivity contribution in [3.63, 3.8) is 0 Å². The summed E-state index contributed by atoms with van der Waals surface area (Å²) in [6, 6.07) is 11.0. The fraction of sp³-hybridized carbons (Fsp3) is 0.250. The van der Waals surface area contributed by atoms with E-state index in [1.165, 1.54) is 18.0 Å². The number of hydrogen-bond acceptors (Lipinski definition) is 8. The SMILES string of the molecule is O=C(O)C(F)(F)F.O=C1c2cnc(Nc3ccc(N4CCNCC4)c(Cl)c3)nc2SCN1c1c(Cl)cccc1Cl. The van der Waals surface area contributed by atoms with E-state index in [9.17, 15) is 18.0 Å². The van der Waals surface area contributed by atoms with E-state index in [1.807, 2.05) is 18.2 Å². The maximum atomic E-state index is 13.1. The van der Waals surface area contributed by atoms with E-state index in [2.05, 4.69) is 25.5 Å². The summed E-state index contributed by atoms with van der Waals surface area (Å²) in [6.45, 7) is 3.72. The molecule has 0 radical (unpaired) electrons. The lowest BCUT2D eigenvalue weighted by Crippen LogP contribution is -2.43. The average Bonchev–Trinajstić information content (AvgIpc) is 2.90. The van der Waals surface area contributed by atoms with Gasteiger partial charge in [-0.25, -0.2) is 14.8 Å². The van der Waals surface area contributed by atoms with Crippen LogP contribution in [0.4, 0.5) is 36.2 Å². The number of nitrogens with one attached hydrogen (secondary N) is 2. The quantitative estimate of drug-likeness (QED) is 0.300. The number of anilines is 4. The molecule has 2 aliphatic rings. The van der Waals surface area contributed by atoms with Crippen molar-refractivity contribution >= 4 is 81.5 Å². The maximum Gasteiger partial charge on any atom is 0.490 e. The number of carboxylic acid groups (broad SMARTS) is 1. The van der Waals surface area contributed by atoms with E-state index in [1.54, 1.807) is 23.1 Å². The highest BCUT2D eigenvalue weighted by Crippen LogP contribution is 2.39. The van der Waals surface area contributed by atoms with Gasteiger partial charge in [0.1, 0.15) is 5.03 Å².